The minimum atomic E-state index is -4.56. The minimum Gasteiger partial charge on any atom is -0.366 e. The predicted molar refractivity (Wildman–Crippen MR) is 139 cm³/mol. The van der Waals surface area contributed by atoms with E-state index in [0.717, 1.165) is 38.1 Å². The van der Waals surface area contributed by atoms with Crippen LogP contribution in [0.4, 0.5) is 17.6 Å². The Balaban J connectivity index is 0.000000397. The van der Waals surface area contributed by atoms with Crippen LogP contribution >= 0.6 is 24.0 Å². The van der Waals surface area contributed by atoms with Crippen LogP contribution in [0.5, 0.6) is 0 Å². The molecule has 214 valence electrons. The first-order valence-electron chi connectivity index (χ1n) is 11.5. The zero-order chi connectivity index (χ0) is 27.2. The van der Waals surface area contributed by atoms with E-state index in [4.69, 9.17) is 10.00 Å². The third-order valence-corrected chi connectivity index (χ3v) is 8.10. The van der Waals surface area contributed by atoms with Crippen molar-refractivity contribution in [2.45, 2.75) is 31.7 Å². The van der Waals surface area contributed by atoms with Gasteiger partial charge >= 0.3 is 6.18 Å². The van der Waals surface area contributed by atoms with Gasteiger partial charge in [0.15, 0.2) is 0 Å². The van der Waals surface area contributed by atoms with Crippen LogP contribution in [0.2, 0.25) is 0 Å². The number of hydrogen-bond acceptors (Lipinski definition) is 6. The standard InChI is InChI=1S/C13H20N4O4S.C9H7F4NO.HI.H2/c14-7-11-8-17(9-11)22(19,20)16-5-6-21-12(10-16)13(18)15-3-1-2-4-15;10-8-3-7(9(11,12)13)2-1-6(8)4-14-5-15;;/h11-12H,1-6,8-10H2;1-3,5H,4H2,(H,14,15);2*1H/t12-;;;/m0.../s1. The molecule has 0 spiro atoms. The van der Waals surface area contributed by atoms with Crippen LogP contribution < -0.4 is 5.32 Å². The van der Waals surface area contributed by atoms with E-state index >= 15 is 0 Å². The number of amides is 2. The minimum absolute atomic E-state index is 0. The Kier molecular flexibility index (Phi) is 11.7. The van der Waals surface area contributed by atoms with Crippen LogP contribution in [0.3, 0.4) is 0 Å². The second-order valence-electron chi connectivity index (χ2n) is 8.70. The average Bonchev–Trinajstić information content (AvgIpc) is 3.37. The number of likely N-dealkylation sites (tertiary alicyclic amines) is 1. The summed E-state index contributed by atoms with van der Waals surface area (Å²) in [7, 11) is -3.59. The zero-order valence-electron chi connectivity index (χ0n) is 20.2. The van der Waals surface area contributed by atoms with Crippen molar-refractivity contribution in [1.82, 2.24) is 18.8 Å². The first kappa shape index (κ1) is 32.1. The van der Waals surface area contributed by atoms with Crippen LogP contribution in [0.25, 0.3) is 0 Å². The van der Waals surface area contributed by atoms with Crippen molar-refractivity contribution < 1.29 is 41.7 Å². The lowest BCUT2D eigenvalue weighted by molar-refractivity contribution is -0.146. The van der Waals surface area contributed by atoms with E-state index in [1.807, 2.05) is 0 Å². The van der Waals surface area contributed by atoms with Crippen molar-refractivity contribution in [3.8, 4) is 6.07 Å². The molecule has 38 heavy (non-hydrogen) atoms. The number of hydrogen-bond donors (Lipinski definition) is 1. The lowest BCUT2D eigenvalue weighted by Crippen LogP contribution is -2.59. The summed E-state index contributed by atoms with van der Waals surface area (Å²) in [6.07, 6.45) is -2.95. The molecule has 3 heterocycles. The number of morpholine rings is 1. The van der Waals surface area contributed by atoms with Gasteiger partial charge in [0.25, 0.3) is 16.1 Å². The third kappa shape index (κ3) is 7.97. The van der Waals surface area contributed by atoms with Gasteiger partial charge in [-0.15, -0.1) is 24.0 Å². The monoisotopic (exact) mass is 679 g/mol. The fourth-order valence-electron chi connectivity index (χ4n) is 4.02. The van der Waals surface area contributed by atoms with Crippen molar-refractivity contribution in [3.63, 3.8) is 0 Å². The predicted octanol–water partition coefficient (Wildman–Crippen LogP) is 1.96. The normalized spacial score (nSPS) is 20.8. The van der Waals surface area contributed by atoms with E-state index in [2.05, 4.69) is 11.4 Å². The van der Waals surface area contributed by atoms with Gasteiger partial charge in [-0.05, 0) is 25.0 Å². The molecule has 2 amide bonds. The number of ether oxygens (including phenoxy) is 1. The molecule has 0 aliphatic carbocycles. The topological polar surface area (TPSA) is 123 Å². The van der Waals surface area contributed by atoms with Gasteiger partial charge in [0.05, 0.1) is 30.7 Å². The van der Waals surface area contributed by atoms with Crippen molar-refractivity contribution in [1.29, 1.82) is 5.26 Å². The Labute approximate surface area is 236 Å². The Bertz CT molecular complexity index is 1130. The first-order valence-corrected chi connectivity index (χ1v) is 12.9. The lowest BCUT2D eigenvalue weighted by Gasteiger charge is -2.40. The summed E-state index contributed by atoms with van der Waals surface area (Å²) in [6.45, 7) is 2.32. The summed E-state index contributed by atoms with van der Waals surface area (Å²) in [5, 5.41) is 10.9. The van der Waals surface area contributed by atoms with E-state index in [9.17, 15) is 35.6 Å². The number of alkyl halides is 3. The first-order chi connectivity index (χ1) is 17.5. The Morgan fingerprint density at radius 1 is 1.18 bits per heavy atom. The number of nitrogens with one attached hydrogen (secondary N) is 1. The SMILES string of the molecule is I.N#CC1CN(S(=O)(=O)N2CCO[C@H](C(=O)N3CCCC3)C2)C1.O=CNCc1ccc(C(F)(F)F)cc1F.[HH]. The van der Waals surface area contributed by atoms with Crippen molar-refractivity contribution in [3.05, 3.63) is 35.1 Å². The molecule has 3 aliphatic rings. The Morgan fingerprint density at radius 2 is 1.84 bits per heavy atom. The summed E-state index contributed by atoms with van der Waals surface area (Å²) in [6, 6.07) is 4.23. The number of rotatable bonds is 6. The second-order valence-corrected chi connectivity index (χ2v) is 10.6. The highest BCUT2D eigenvalue weighted by atomic mass is 127. The van der Waals surface area contributed by atoms with Gasteiger partial charge in [-0.3, -0.25) is 9.59 Å². The van der Waals surface area contributed by atoms with Gasteiger partial charge in [-0.1, -0.05) is 6.07 Å². The maximum absolute atomic E-state index is 13.0. The molecule has 3 fully saturated rings. The summed E-state index contributed by atoms with van der Waals surface area (Å²) >= 11 is 0. The highest BCUT2D eigenvalue weighted by molar-refractivity contribution is 14.0. The molecule has 0 radical (unpaired) electrons. The van der Waals surface area contributed by atoms with E-state index in [-0.39, 0.29) is 82.1 Å². The second kappa shape index (κ2) is 13.8. The van der Waals surface area contributed by atoms with Crippen LogP contribution in [-0.2, 0) is 37.3 Å². The van der Waals surface area contributed by atoms with Crippen molar-refractivity contribution in [2.24, 2.45) is 5.92 Å². The fraction of sp³-hybridized carbons (Fsp3) is 0.591. The molecule has 16 heteroatoms. The Morgan fingerprint density at radius 3 is 2.39 bits per heavy atom. The average molecular weight is 679 g/mol. The van der Waals surface area contributed by atoms with E-state index in [0.29, 0.717) is 12.5 Å². The molecule has 0 saturated carbocycles. The maximum Gasteiger partial charge on any atom is 0.416 e. The molecule has 4 rings (SSSR count). The molecule has 1 aromatic carbocycles. The molecule has 0 aromatic heterocycles. The smallest absolute Gasteiger partial charge is 0.366 e. The molecule has 1 N–H and O–H groups in total. The van der Waals surface area contributed by atoms with Gasteiger partial charge < -0.3 is 15.0 Å². The number of carbonyl (C=O) groups is 2. The van der Waals surface area contributed by atoms with Gasteiger partial charge in [0.2, 0.25) is 6.41 Å². The molecular formula is C22H30F4IN5O5S. The summed E-state index contributed by atoms with van der Waals surface area (Å²) < 4.78 is 82.4. The number of carbonyl (C=O) groups excluding carboxylic acids is 2. The molecule has 0 unspecified atom stereocenters. The molecule has 10 nitrogen and oxygen atoms in total. The number of benzene rings is 1. The summed E-state index contributed by atoms with van der Waals surface area (Å²) in [5.41, 5.74) is -1.04. The summed E-state index contributed by atoms with van der Waals surface area (Å²) in [5.74, 6) is -1.33. The van der Waals surface area contributed by atoms with Crippen molar-refractivity contribution >= 4 is 46.5 Å². The quantitative estimate of drug-likeness (QED) is 0.279. The maximum atomic E-state index is 13.0. The highest BCUT2D eigenvalue weighted by Crippen LogP contribution is 2.30. The van der Waals surface area contributed by atoms with E-state index in [1.165, 1.54) is 8.61 Å². The largest absolute Gasteiger partial charge is 0.416 e. The molecule has 3 saturated heterocycles. The van der Waals surface area contributed by atoms with Gasteiger partial charge in [0, 0.05) is 46.3 Å². The van der Waals surface area contributed by atoms with Crippen molar-refractivity contribution in [2.75, 3.05) is 45.9 Å². The van der Waals surface area contributed by atoms with Gasteiger partial charge in [-0.2, -0.15) is 35.5 Å². The van der Waals surface area contributed by atoms with E-state index < -0.39 is 33.9 Å². The molecular weight excluding hydrogens is 649 g/mol. The van der Waals surface area contributed by atoms with E-state index in [1.54, 1.807) is 4.90 Å². The van der Waals surface area contributed by atoms with Crippen LogP contribution in [0.15, 0.2) is 18.2 Å². The number of halogens is 5. The molecule has 3 aliphatic heterocycles. The summed E-state index contributed by atoms with van der Waals surface area (Å²) in [4.78, 5) is 24.0. The molecule has 1 aromatic rings. The molecule has 0 bridgehead atoms. The Hall–Kier alpha value is -2.07. The van der Waals surface area contributed by atoms with Crippen LogP contribution in [-0.4, -0.2) is 86.2 Å². The van der Waals surface area contributed by atoms with Crippen LogP contribution in [0.1, 0.15) is 25.4 Å². The number of nitrogens with zero attached hydrogens (tertiary/aromatic N) is 4. The highest BCUT2D eigenvalue weighted by Gasteiger charge is 2.43. The van der Waals surface area contributed by atoms with Gasteiger partial charge in [0.1, 0.15) is 11.9 Å². The van der Waals surface area contributed by atoms with Gasteiger partial charge in [-0.25, -0.2) is 4.39 Å². The van der Waals surface area contributed by atoms with Crippen LogP contribution in [0, 0.1) is 23.1 Å². The lowest BCUT2D eigenvalue weighted by atomic mass is 10.1. The fourth-order valence-corrected chi connectivity index (χ4v) is 5.71. The number of nitriles is 1. The third-order valence-electron chi connectivity index (χ3n) is 6.16. The zero-order valence-corrected chi connectivity index (χ0v) is 23.3. The molecule has 1 atom stereocenters.